The Morgan fingerprint density at radius 3 is 2.59 bits per heavy atom. The first-order valence-corrected chi connectivity index (χ1v) is 6.78. The molecular formula is C15H24N2. The Labute approximate surface area is 105 Å². The van der Waals surface area contributed by atoms with E-state index in [0.717, 1.165) is 12.6 Å². The fourth-order valence-corrected chi connectivity index (χ4v) is 2.86. The maximum atomic E-state index is 3.26. The monoisotopic (exact) mass is 232 g/mol. The third-order valence-corrected chi connectivity index (χ3v) is 3.86. The molecule has 17 heavy (non-hydrogen) atoms. The van der Waals surface area contributed by atoms with Gasteiger partial charge in [-0.2, -0.15) is 0 Å². The lowest BCUT2D eigenvalue weighted by Gasteiger charge is -2.34. The first-order chi connectivity index (χ1) is 8.33. The molecule has 0 aromatic heterocycles. The molecule has 0 atom stereocenters. The van der Waals surface area contributed by atoms with Crippen molar-refractivity contribution < 1.29 is 0 Å². The fraction of sp³-hybridized carbons (Fsp3) is 0.600. The second-order valence-corrected chi connectivity index (χ2v) is 5.06. The first-order valence-electron chi connectivity index (χ1n) is 6.78. The molecule has 1 aromatic carbocycles. The summed E-state index contributed by atoms with van der Waals surface area (Å²) >= 11 is 0. The van der Waals surface area contributed by atoms with E-state index in [0.29, 0.717) is 0 Å². The van der Waals surface area contributed by atoms with E-state index >= 15 is 0 Å². The van der Waals surface area contributed by atoms with Gasteiger partial charge in [-0.15, -0.1) is 0 Å². The minimum absolute atomic E-state index is 0.738. The van der Waals surface area contributed by atoms with Gasteiger partial charge < -0.3 is 10.2 Å². The van der Waals surface area contributed by atoms with Gasteiger partial charge in [-0.05, 0) is 31.5 Å². The minimum Gasteiger partial charge on any atom is -0.371 e. The summed E-state index contributed by atoms with van der Waals surface area (Å²) in [5.74, 6) is 0. The summed E-state index contributed by atoms with van der Waals surface area (Å²) in [5, 5.41) is 3.26. The van der Waals surface area contributed by atoms with Crippen LogP contribution in [0.1, 0.15) is 37.7 Å². The summed E-state index contributed by atoms with van der Waals surface area (Å²) in [6.07, 6.45) is 6.91. The van der Waals surface area contributed by atoms with E-state index in [1.807, 2.05) is 7.05 Å². The smallest absolute Gasteiger partial charge is 0.0411 e. The van der Waals surface area contributed by atoms with Crippen LogP contribution in [0.5, 0.6) is 0 Å². The molecule has 2 heteroatoms. The molecule has 94 valence electrons. The van der Waals surface area contributed by atoms with Crippen LogP contribution in [-0.2, 0) is 6.54 Å². The van der Waals surface area contributed by atoms with Crippen LogP contribution in [0.3, 0.4) is 0 Å². The predicted molar refractivity (Wildman–Crippen MR) is 74.5 cm³/mol. The van der Waals surface area contributed by atoms with E-state index in [-0.39, 0.29) is 0 Å². The number of hydrogen-bond donors (Lipinski definition) is 1. The summed E-state index contributed by atoms with van der Waals surface area (Å²) in [5.41, 5.74) is 2.80. The van der Waals surface area contributed by atoms with Crippen LogP contribution in [-0.4, -0.2) is 20.1 Å². The van der Waals surface area contributed by atoms with Gasteiger partial charge in [0.1, 0.15) is 0 Å². The molecule has 0 radical (unpaired) electrons. The third kappa shape index (κ3) is 3.01. The Morgan fingerprint density at radius 2 is 1.88 bits per heavy atom. The lowest BCUT2D eigenvalue weighted by molar-refractivity contribution is 0.427. The molecule has 0 bridgehead atoms. The number of para-hydroxylation sites is 1. The van der Waals surface area contributed by atoms with Gasteiger partial charge in [0, 0.05) is 25.3 Å². The molecule has 1 aliphatic rings. The second kappa shape index (κ2) is 6.06. The summed E-state index contributed by atoms with van der Waals surface area (Å²) < 4.78 is 0. The number of hydrogen-bond acceptors (Lipinski definition) is 2. The predicted octanol–water partition coefficient (Wildman–Crippen LogP) is 3.17. The van der Waals surface area contributed by atoms with Gasteiger partial charge in [-0.1, -0.05) is 37.5 Å². The van der Waals surface area contributed by atoms with Gasteiger partial charge in [0.15, 0.2) is 0 Å². The zero-order valence-electron chi connectivity index (χ0n) is 11.1. The minimum atomic E-state index is 0.738. The van der Waals surface area contributed by atoms with E-state index in [1.54, 1.807) is 0 Å². The maximum absolute atomic E-state index is 3.26. The summed E-state index contributed by atoms with van der Waals surface area (Å²) in [6, 6.07) is 9.49. The summed E-state index contributed by atoms with van der Waals surface area (Å²) in [6.45, 7) is 0.952. The van der Waals surface area contributed by atoms with Crippen molar-refractivity contribution in [3.63, 3.8) is 0 Å². The number of rotatable bonds is 4. The standard InChI is InChI=1S/C15H24N2/c1-16-12-13-8-6-7-11-15(13)17(2)14-9-4-3-5-10-14/h6-8,11,14,16H,3-5,9-10,12H2,1-2H3. The molecular weight excluding hydrogens is 208 g/mol. The van der Waals surface area contributed by atoms with E-state index in [9.17, 15) is 0 Å². The van der Waals surface area contributed by atoms with Crippen LogP contribution in [0.2, 0.25) is 0 Å². The van der Waals surface area contributed by atoms with Crippen LogP contribution in [0.25, 0.3) is 0 Å². The molecule has 0 unspecified atom stereocenters. The molecule has 2 rings (SSSR count). The largest absolute Gasteiger partial charge is 0.371 e. The number of benzene rings is 1. The van der Waals surface area contributed by atoms with E-state index in [4.69, 9.17) is 0 Å². The highest BCUT2D eigenvalue weighted by molar-refractivity contribution is 5.53. The van der Waals surface area contributed by atoms with Crippen LogP contribution in [0.4, 0.5) is 5.69 Å². The quantitative estimate of drug-likeness (QED) is 0.857. The molecule has 2 nitrogen and oxygen atoms in total. The van der Waals surface area contributed by atoms with Gasteiger partial charge in [0.2, 0.25) is 0 Å². The molecule has 1 aliphatic carbocycles. The number of nitrogens with one attached hydrogen (secondary N) is 1. The highest BCUT2D eigenvalue weighted by Crippen LogP contribution is 2.28. The lowest BCUT2D eigenvalue weighted by atomic mass is 9.94. The molecule has 1 saturated carbocycles. The van der Waals surface area contributed by atoms with E-state index in [1.165, 1.54) is 43.4 Å². The summed E-state index contributed by atoms with van der Waals surface area (Å²) in [4.78, 5) is 2.49. The normalized spacial score (nSPS) is 17.1. The summed E-state index contributed by atoms with van der Waals surface area (Å²) in [7, 11) is 4.27. The highest BCUT2D eigenvalue weighted by atomic mass is 15.1. The lowest BCUT2D eigenvalue weighted by Crippen LogP contribution is -2.34. The highest BCUT2D eigenvalue weighted by Gasteiger charge is 2.19. The average molecular weight is 232 g/mol. The molecule has 0 spiro atoms. The topological polar surface area (TPSA) is 15.3 Å². The molecule has 0 aliphatic heterocycles. The zero-order chi connectivity index (χ0) is 12.1. The molecule has 0 heterocycles. The van der Waals surface area contributed by atoms with Gasteiger partial charge in [-0.3, -0.25) is 0 Å². The molecule has 1 aromatic rings. The van der Waals surface area contributed by atoms with Crippen molar-refractivity contribution in [2.24, 2.45) is 0 Å². The Bertz CT molecular complexity index is 343. The van der Waals surface area contributed by atoms with Crippen LogP contribution < -0.4 is 10.2 Å². The van der Waals surface area contributed by atoms with E-state index in [2.05, 4.69) is 41.5 Å². The van der Waals surface area contributed by atoms with Crippen LogP contribution in [0.15, 0.2) is 24.3 Å². The average Bonchev–Trinajstić information content (AvgIpc) is 2.40. The van der Waals surface area contributed by atoms with Crippen molar-refractivity contribution in [1.29, 1.82) is 0 Å². The Hall–Kier alpha value is -1.02. The van der Waals surface area contributed by atoms with Crippen molar-refractivity contribution >= 4 is 5.69 Å². The Kier molecular flexibility index (Phi) is 4.43. The van der Waals surface area contributed by atoms with Gasteiger partial charge >= 0.3 is 0 Å². The van der Waals surface area contributed by atoms with Crippen molar-refractivity contribution in [3.8, 4) is 0 Å². The Balaban J connectivity index is 2.14. The molecule has 0 amide bonds. The van der Waals surface area contributed by atoms with Crippen LogP contribution >= 0.6 is 0 Å². The second-order valence-electron chi connectivity index (χ2n) is 5.06. The maximum Gasteiger partial charge on any atom is 0.0411 e. The zero-order valence-corrected chi connectivity index (χ0v) is 11.1. The number of anilines is 1. The van der Waals surface area contributed by atoms with E-state index < -0.39 is 0 Å². The Morgan fingerprint density at radius 1 is 1.18 bits per heavy atom. The number of nitrogens with zero attached hydrogens (tertiary/aromatic N) is 1. The van der Waals surface area contributed by atoms with Gasteiger partial charge in [0.25, 0.3) is 0 Å². The third-order valence-electron chi connectivity index (χ3n) is 3.86. The SMILES string of the molecule is CNCc1ccccc1N(C)C1CCCCC1. The van der Waals surface area contributed by atoms with Crippen LogP contribution in [0, 0.1) is 0 Å². The fourth-order valence-electron chi connectivity index (χ4n) is 2.86. The molecule has 1 fully saturated rings. The van der Waals surface area contributed by atoms with Gasteiger partial charge in [-0.25, -0.2) is 0 Å². The first kappa shape index (κ1) is 12.4. The molecule has 0 saturated heterocycles. The van der Waals surface area contributed by atoms with Crippen molar-refractivity contribution in [1.82, 2.24) is 5.32 Å². The molecule has 1 N–H and O–H groups in total. The van der Waals surface area contributed by atoms with Gasteiger partial charge in [0.05, 0.1) is 0 Å². The van der Waals surface area contributed by atoms with Crippen molar-refractivity contribution in [2.45, 2.75) is 44.7 Å². The van der Waals surface area contributed by atoms with Crippen molar-refractivity contribution in [3.05, 3.63) is 29.8 Å². The van der Waals surface area contributed by atoms with Crippen molar-refractivity contribution in [2.75, 3.05) is 19.0 Å².